The summed E-state index contributed by atoms with van der Waals surface area (Å²) >= 11 is 0. The summed E-state index contributed by atoms with van der Waals surface area (Å²) in [5, 5.41) is 4.59. The van der Waals surface area contributed by atoms with Crippen molar-refractivity contribution >= 4 is 17.0 Å². The lowest BCUT2D eigenvalue weighted by Crippen LogP contribution is -2.31. The van der Waals surface area contributed by atoms with Crippen LogP contribution >= 0.6 is 0 Å². The number of pyridine rings is 1. The monoisotopic (exact) mass is 319 g/mol. The molecular weight excluding hydrogens is 302 g/mol. The van der Waals surface area contributed by atoms with E-state index in [2.05, 4.69) is 16.1 Å². The number of hydrogen-bond acceptors (Lipinski definition) is 4. The van der Waals surface area contributed by atoms with E-state index < -0.39 is 0 Å². The van der Waals surface area contributed by atoms with Crippen LogP contribution in [0, 0.1) is 26.2 Å². The van der Waals surface area contributed by atoms with Gasteiger partial charge in [-0.2, -0.15) is 0 Å². The van der Waals surface area contributed by atoms with Crippen molar-refractivity contribution in [2.24, 2.45) is 0 Å². The quantitative estimate of drug-likeness (QED) is 0.693. The second kappa shape index (κ2) is 6.55. The molecule has 120 valence electrons. The molecule has 3 rings (SSSR count). The van der Waals surface area contributed by atoms with E-state index in [0.29, 0.717) is 23.5 Å². The number of hydrogen-bond donors (Lipinski definition) is 0. The van der Waals surface area contributed by atoms with Crippen LogP contribution in [0.3, 0.4) is 0 Å². The van der Waals surface area contributed by atoms with Gasteiger partial charge in [0.1, 0.15) is 0 Å². The lowest BCUT2D eigenvalue weighted by Gasteiger charge is -2.20. The van der Waals surface area contributed by atoms with Gasteiger partial charge in [0.05, 0.1) is 23.2 Å². The minimum absolute atomic E-state index is 0.163. The van der Waals surface area contributed by atoms with Gasteiger partial charge in [0.2, 0.25) is 0 Å². The van der Waals surface area contributed by atoms with Crippen LogP contribution in [0.2, 0.25) is 0 Å². The molecule has 0 spiro atoms. The van der Waals surface area contributed by atoms with Crippen LogP contribution in [-0.2, 0) is 6.54 Å². The molecule has 0 unspecified atom stereocenters. The number of aryl methyl sites for hydroxylation is 2. The van der Waals surface area contributed by atoms with Gasteiger partial charge in [-0.1, -0.05) is 40.9 Å². The Morgan fingerprint density at radius 1 is 1.29 bits per heavy atom. The zero-order chi connectivity index (χ0) is 17.1. The Labute approximate surface area is 140 Å². The van der Waals surface area contributed by atoms with Crippen molar-refractivity contribution in [3.8, 4) is 12.3 Å². The van der Waals surface area contributed by atoms with Gasteiger partial charge >= 0.3 is 0 Å². The van der Waals surface area contributed by atoms with Gasteiger partial charge in [0.25, 0.3) is 11.6 Å². The maximum Gasteiger partial charge on any atom is 0.257 e. The Balaban J connectivity index is 1.88. The van der Waals surface area contributed by atoms with Crippen molar-refractivity contribution in [3.05, 3.63) is 58.9 Å². The first-order valence-electron chi connectivity index (χ1n) is 7.59. The van der Waals surface area contributed by atoms with Crippen LogP contribution in [-0.4, -0.2) is 27.5 Å². The molecule has 0 atom stereocenters. The van der Waals surface area contributed by atoms with E-state index in [1.165, 1.54) is 11.8 Å². The van der Waals surface area contributed by atoms with Crippen LogP contribution < -0.4 is 0 Å². The highest BCUT2D eigenvalue weighted by Crippen LogP contribution is 2.18. The largest absolute Gasteiger partial charge is 0.336 e. The number of nitrogens with zero attached hydrogens (tertiary/aromatic N) is 3. The third-order valence-electron chi connectivity index (χ3n) is 3.82. The Morgan fingerprint density at radius 3 is 2.75 bits per heavy atom. The second-order valence-electron chi connectivity index (χ2n) is 5.70. The van der Waals surface area contributed by atoms with Crippen molar-refractivity contribution in [1.82, 2.24) is 15.0 Å². The molecule has 0 fully saturated rings. The number of amides is 1. The number of fused-ring (bicyclic) bond motifs is 1. The van der Waals surface area contributed by atoms with Crippen molar-refractivity contribution in [2.75, 3.05) is 6.54 Å². The van der Waals surface area contributed by atoms with Crippen molar-refractivity contribution in [2.45, 2.75) is 20.4 Å². The number of rotatable bonds is 4. The molecule has 1 amide bonds. The molecule has 0 aliphatic rings. The molecule has 3 aromatic rings. The first-order chi connectivity index (χ1) is 11.6. The molecule has 0 aliphatic carbocycles. The highest BCUT2D eigenvalue weighted by molar-refractivity contribution is 5.97. The highest BCUT2D eigenvalue weighted by Gasteiger charge is 2.18. The summed E-state index contributed by atoms with van der Waals surface area (Å²) < 4.78 is 5.08. The summed E-state index contributed by atoms with van der Waals surface area (Å²) in [5.41, 5.74) is 3.79. The van der Waals surface area contributed by atoms with E-state index >= 15 is 0 Å². The van der Waals surface area contributed by atoms with Crippen LogP contribution in [0.5, 0.6) is 0 Å². The van der Waals surface area contributed by atoms with Gasteiger partial charge in [-0.3, -0.25) is 4.79 Å². The average Bonchev–Trinajstić information content (AvgIpc) is 2.96. The topological polar surface area (TPSA) is 59.2 Å². The number of carbonyl (C=O) groups is 1. The van der Waals surface area contributed by atoms with Gasteiger partial charge < -0.3 is 9.42 Å². The van der Waals surface area contributed by atoms with Crippen LogP contribution in [0.4, 0.5) is 0 Å². The number of benzene rings is 1. The SMILES string of the molecule is C#CCN(Cc1ccc(C)cc1)C(=O)c1cnc2onc(C)c2c1. The number of carbonyl (C=O) groups excluding carboxylic acids is 1. The van der Waals surface area contributed by atoms with Crippen molar-refractivity contribution < 1.29 is 9.32 Å². The molecule has 0 N–H and O–H groups in total. The smallest absolute Gasteiger partial charge is 0.257 e. The summed E-state index contributed by atoms with van der Waals surface area (Å²) in [6.07, 6.45) is 6.93. The van der Waals surface area contributed by atoms with Gasteiger partial charge in [-0.15, -0.1) is 6.42 Å². The molecule has 0 radical (unpaired) electrons. The molecule has 0 saturated heterocycles. The fourth-order valence-corrected chi connectivity index (χ4v) is 2.47. The van der Waals surface area contributed by atoms with Crippen LogP contribution in [0.1, 0.15) is 27.2 Å². The van der Waals surface area contributed by atoms with E-state index in [9.17, 15) is 4.79 Å². The van der Waals surface area contributed by atoms with Crippen molar-refractivity contribution in [1.29, 1.82) is 0 Å². The molecule has 0 saturated carbocycles. The average molecular weight is 319 g/mol. The maximum absolute atomic E-state index is 12.8. The summed E-state index contributed by atoms with van der Waals surface area (Å²) in [6, 6.07) is 9.77. The number of terminal acetylenes is 1. The number of aromatic nitrogens is 2. The van der Waals surface area contributed by atoms with Crippen molar-refractivity contribution in [3.63, 3.8) is 0 Å². The van der Waals surface area contributed by atoms with E-state index in [4.69, 9.17) is 10.9 Å². The summed E-state index contributed by atoms with van der Waals surface area (Å²) in [5.74, 6) is 2.38. The molecular formula is C19H17N3O2. The summed E-state index contributed by atoms with van der Waals surface area (Å²) in [4.78, 5) is 18.6. The molecule has 2 aromatic heterocycles. The lowest BCUT2D eigenvalue weighted by atomic mass is 10.1. The fraction of sp³-hybridized carbons (Fsp3) is 0.211. The third kappa shape index (κ3) is 3.13. The van der Waals surface area contributed by atoms with Gasteiger partial charge in [0.15, 0.2) is 0 Å². The Kier molecular flexibility index (Phi) is 4.30. The highest BCUT2D eigenvalue weighted by atomic mass is 16.5. The van der Waals surface area contributed by atoms with E-state index in [-0.39, 0.29) is 12.5 Å². The van der Waals surface area contributed by atoms with E-state index in [1.54, 1.807) is 11.0 Å². The van der Waals surface area contributed by atoms with Gasteiger partial charge in [-0.05, 0) is 25.5 Å². The molecule has 5 nitrogen and oxygen atoms in total. The first kappa shape index (κ1) is 15.8. The minimum Gasteiger partial charge on any atom is -0.336 e. The summed E-state index contributed by atoms with van der Waals surface area (Å²) in [7, 11) is 0. The molecule has 2 heterocycles. The molecule has 1 aromatic carbocycles. The Bertz CT molecular complexity index is 920. The Hall–Kier alpha value is -3.13. The molecule has 0 aliphatic heterocycles. The third-order valence-corrected chi connectivity index (χ3v) is 3.82. The molecule has 5 heteroatoms. The lowest BCUT2D eigenvalue weighted by molar-refractivity contribution is 0.0765. The molecule has 24 heavy (non-hydrogen) atoms. The molecule has 0 bridgehead atoms. The Morgan fingerprint density at radius 2 is 2.04 bits per heavy atom. The first-order valence-corrected chi connectivity index (χ1v) is 7.59. The fourth-order valence-electron chi connectivity index (χ4n) is 2.47. The maximum atomic E-state index is 12.8. The zero-order valence-corrected chi connectivity index (χ0v) is 13.6. The van der Waals surface area contributed by atoms with Crippen LogP contribution in [0.15, 0.2) is 41.1 Å². The predicted molar refractivity (Wildman–Crippen MR) is 91.3 cm³/mol. The van der Waals surface area contributed by atoms with Gasteiger partial charge in [-0.25, -0.2) is 4.98 Å². The zero-order valence-electron chi connectivity index (χ0n) is 13.6. The summed E-state index contributed by atoms with van der Waals surface area (Å²) in [6.45, 7) is 4.51. The standard InChI is InChI=1S/C19H17N3O2/c1-4-9-22(12-15-7-5-13(2)6-8-15)19(23)16-10-17-14(3)21-24-18(17)20-11-16/h1,5-8,10-11H,9,12H2,2-3H3. The van der Waals surface area contributed by atoms with E-state index in [1.807, 2.05) is 38.1 Å². The second-order valence-corrected chi connectivity index (χ2v) is 5.70. The van der Waals surface area contributed by atoms with E-state index in [0.717, 1.165) is 10.9 Å². The van der Waals surface area contributed by atoms with Crippen LogP contribution in [0.25, 0.3) is 11.1 Å². The predicted octanol–water partition coefficient (Wildman–Crippen LogP) is 3.12. The van der Waals surface area contributed by atoms with Gasteiger partial charge in [0, 0.05) is 12.7 Å². The minimum atomic E-state index is -0.163. The normalized spacial score (nSPS) is 10.5.